The van der Waals surface area contributed by atoms with E-state index < -0.39 is 50.4 Å². The molecule has 59 heavy (non-hydrogen) atoms. The van der Waals surface area contributed by atoms with E-state index in [1.807, 2.05) is 0 Å². The number of nitrogens with one attached hydrogen (secondary N) is 1. The van der Waals surface area contributed by atoms with Crippen molar-refractivity contribution in [1.29, 1.82) is 0 Å². The lowest BCUT2D eigenvalue weighted by molar-refractivity contribution is -0.151. The number of aliphatic hydroxyl groups excluding tert-OH is 1. The quantitative estimate of drug-likeness (QED) is 0.0191. The van der Waals surface area contributed by atoms with Gasteiger partial charge in [0.05, 0.1) is 6.33 Å². The number of anilines is 1. The third-order valence-electron chi connectivity index (χ3n) is 11.0. The number of fused-ring (bicyclic) bond motifs is 1. The summed E-state index contributed by atoms with van der Waals surface area (Å²) in [4.78, 5) is 25.2. The highest BCUT2D eigenvalue weighted by atomic mass is 31.2. The lowest BCUT2D eigenvalue weighted by Crippen LogP contribution is -2.44. The van der Waals surface area contributed by atoms with E-state index >= 15 is 0 Å². The van der Waals surface area contributed by atoms with Crippen molar-refractivity contribution < 1.29 is 37.4 Å². The lowest BCUT2D eigenvalue weighted by atomic mass is 9.99. The zero-order valence-electron chi connectivity index (χ0n) is 35.5. The van der Waals surface area contributed by atoms with Gasteiger partial charge in [0.15, 0.2) is 22.6 Å². The average Bonchev–Trinajstić information content (AvgIpc) is 3.79. The van der Waals surface area contributed by atoms with E-state index in [1.54, 1.807) is 37.3 Å². The second kappa shape index (κ2) is 25.2. The number of imidazole rings is 1. The van der Waals surface area contributed by atoms with Crippen LogP contribution >= 0.6 is 7.75 Å². The van der Waals surface area contributed by atoms with Gasteiger partial charge >= 0.3 is 19.8 Å². The fraction of sp³-hybridized carbons (Fsp3) is 0.682. The number of hydrogen-bond donors (Lipinski definition) is 3. The average molecular weight is 843 g/mol. The number of carbonyl (C=O) groups excluding carboxylic acids is 1. The predicted octanol–water partition coefficient (Wildman–Crippen LogP) is 10.1. The first-order valence-corrected chi connectivity index (χ1v) is 23.5. The van der Waals surface area contributed by atoms with Gasteiger partial charge < -0.3 is 24.8 Å². The Morgan fingerprint density at radius 2 is 1.54 bits per heavy atom. The molecule has 0 radical (unpaired) electrons. The van der Waals surface area contributed by atoms with Crippen LogP contribution in [0.15, 0.2) is 36.7 Å². The molecule has 0 amide bonds. The van der Waals surface area contributed by atoms with Crippen molar-refractivity contribution in [1.82, 2.24) is 24.6 Å². The van der Waals surface area contributed by atoms with E-state index in [9.17, 15) is 18.9 Å². The zero-order chi connectivity index (χ0) is 42.5. The monoisotopic (exact) mass is 842 g/mol. The molecule has 1 fully saturated rings. The van der Waals surface area contributed by atoms with Crippen molar-refractivity contribution >= 4 is 30.7 Å². The smallest absolute Gasteiger partial charge is 0.459 e. The topological polar surface area (TPSA) is 173 Å². The molecular weight excluding hydrogens is 774 g/mol. The number of unbranched alkanes of at least 4 members (excludes halogenated alkanes) is 16. The van der Waals surface area contributed by atoms with Gasteiger partial charge in [-0.25, -0.2) is 9.55 Å². The van der Waals surface area contributed by atoms with Gasteiger partial charge in [0.1, 0.15) is 36.8 Å². The molecule has 328 valence electrons. The van der Waals surface area contributed by atoms with Crippen molar-refractivity contribution in [2.24, 2.45) is 0 Å². The fourth-order valence-electron chi connectivity index (χ4n) is 7.42. The first kappa shape index (κ1) is 48.1. The van der Waals surface area contributed by atoms with Crippen LogP contribution < -0.4 is 15.3 Å². The number of nitrogens with zero attached hydrogens (tertiary/aromatic N) is 4. The number of esters is 1. The Hall–Kier alpha value is -3.60. The van der Waals surface area contributed by atoms with Crippen molar-refractivity contribution in [3.8, 4) is 18.1 Å². The van der Waals surface area contributed by atoms with E-state index in [4.69, 9.17) is 30.7 Å². The third kappa shape index (κ3) is 15.4. The van der Waals surface area contributed by atoms with Crippen LogP contribution in [0.5, 0.6) is 5.75 Å². The van der Waals surface area contributed by atoms with E-state index in [-0.39, 0.29) is 35.3 Å². The van der Waals surface area contributed by atoms with E-state index in [1.165, 1.54) is 101 Å². The number of carbonyl (C=O) groups is 1. The molecule has 2 aromatic heterocycles. The normalized spacial score (nSPS) is 19.5. The molecule has 1 aliphatic rings. The van der Waals surface area contributed by atoms with Gasteiger partial charge in [0.25, 0.3) is 0 Å². The highest BCUT2D eigenvalue weighted by molar-refractivity contribution is 7.52. The van der Waals surface area contributed by atoms with Gasteiger partial charge in [-0.2, -0.15) is 19.4 Å². The molecule has 0 bridgehead atoms. The minimum absolute atomic E-state index is 0.0435. The van der Waals surface area contributed by atoms with Gasteiger partial charge in [-0.05, 0) is 44.7 Å². The molecular formula is C44H68FN6O7P. The molecule has 4 N–H and O–H groups in total. The zero-order valence-corrected chi connectivity index (χ0v) is 36.4. The number of terminal acetylenes is 1. The number of rotatable bonds is 30. The molecule has 4 rings (SSSR count). The summed E-state index contributed by atoms with van der Waals surface area (Å²) in [5.74, 6) is 1.93. The molecule has 1 saturated heterocycles. The summed E-state index contributed by atoms with van der Waals surface area (Å²) in [6.07, 6.45) is 26.8. The Morgan fingerprint density at radius 1 is 0.983 bits per heavy atom. The fourth-order valence-corrected chi connectivity index (χ4v) is 8.94. The second-order valence-electron chi connectivity index (χ2n) is 15.9. The highest BCUT2D eigenvalue weighted by Gasteiger charge is 2.50. The van der Waals surface area contributed by atoms with Crippen molar-refractivity contribution in [3.63, 3.8) is 0 Å². The van der Waals surface area contributed by atoms with Crippen molar-refractivity contribution in [2.75, 3.05) is 12.3 Å². The number of aromatic nitrogens is 4. The first-order chi connectivity index (χ1) is 28.5. The van der Waals surface area contributed by atoms with E-state index in [0.717, 1.165) is 38.5 Å². The van der Waals surface area contributed by atoms with Crippen LogP contribution in [0.1, 0.15) is 162 Å². The second-order valence-corrected chi connectivity index (χ2v) is 17.6. The van der Waals surface area contributed by atoms with Crippen LogP contribution in [0, 0.1) is 18.4 Å². The number of hydrogen-bond acceptors (Lipinski definition) is 11. The predicted molar refractivity (Wildman–Crippen MR) is 229 cm³/mol. The van der Waals surface area contributed by atoms with E-state index in [2.05, 4.69) is 39.8 Å². The SMILES string of the molecule is C#C[C@]1(COP(=O)(N[C@@H](C)C(=O)OC(CCCCCCCCCCC)CCCCCCCCCCC)Oc2ccccc2)O[C@@H](n2cnc3c(N)nc(F)nc32)C[C@@H]1O. The Morgan fingerprint density at radius 3 is 2.10 bits per heavy atom. The number of aliphatic hydroxyl groups is 1. The van der Waals surface area contributed by atoms with Gasteiger partial charge in [-0.3, -0.25) is 13.9 Å². The number of nitrogen functional groups attached to an aromatic ring is 1. The maximum absolute atomic E-state index is 14.5. The van der Waals surface area contributed by atoms with Crippen molar-refractivity contribution in [3.05, 3.63) is 42.7 Å². The van der Waals surface area contributed by atoms with Gasteiger partial charge in [-0.15, -0.1) is 6.42 Å². The number of halogens is 1. The molecule has 3 heterocycles. The summed E-state index contributed by atoms with van der Waals surface area (Å²) in [6, 6.07) is 7.27. The Kier molecular flexibility index (Phi) is 20.6. The maximum atomic E-state index is 14.5. The maximum Gasteiger partial charge on any atom is 0.459 e. The minimum atomic E-state index is -4.39. The summed E-state index contributed by atoms with van der Waals surface area (Å²) in [5.41, 5.74) is 4.20. The molecule has 0 spiro atoms. The van der Waals surface area contributed by atoms with Crippen LogP contribution in [-0.4, -0.2) is 61.1 Å². The molecule has 0 aliphatic carbocycles. The number of para-hydroxylation sites is 1. The van der Waals surface area contributed by atoms with Crippen LogP contribution in [0.4, 0.5) is 10.2 Å². The summed E-state index contributed by atoms with van der Waals surface area (Å²) >= 11 is 0. The molecule has 0 saturated carbocycles. The van der Waals surface area contributed by atoms with Crippen LogP contribution in [-0.2, 0) is 23.4 Å². The Labute approximate surface area is 350 Å². The van der Waals surface area contributed by atoms with Crippen LogP contribution in [0.25, 0.3) is 11.2 Å². The number of ether oxygens (including phenoxy) is 2. The van der Waals surface area contributed by atoms with Gasteiger partial charge in [-0.1, -0.05) is 141 Å². The summed E-state index contributed by atoms with van der Waals surface area (Å²) < 4.78 is 54.1. The van der Waals surface area contributed by atoms with Crippen LogP contribution in [0.2, 0.25) is 0 Å². The molecule has 1 aromatic carbocycles. The number of benzene rings is 1. The summed E-state index contributed by atoms with van der Waals surface area (Å²) in [7, 11) is -4.39. The van der Waals surface area contributed by atoms with Gasteiger partial charge in [0, 0.05) is 6.42 Å². The standard InChI is InChI=1S/C44H68FN6O7P/c1-5-8-10-12-14-16-18-20-23-27-35(28-24-21-19-17-15-13-11-9-6-2)56-42(53)34(4)50-59(54,58-36-29-25-22-26-30-36)55-32-44(7-3)37(52)31-38(57-44)51-33-47-39-40(46)48-43(45)49-41(39)51/h3,22,25-26,29-30,33-35,37-38,52H,5-6,8-21,23-24,27-28,31-32H2,1-2,4H3,(H,50,54)(H2,46,48,49)/t34-,37-,38+,44+,59?/m0/s1. The molecule has 1 unspecified atom stereocenters. The van der Waals surface area contributed by atoms with Crippen LogP contribution in [0.3, 0.4) is 0 Å². The molecule has 13 nitrogen and oxygen atoms in total. The largest absolute Gasteiger partial charge is 0.461 e. The molecule has 1 aliphatic heterocycles. The Balaban J connectivity index is 1.39. The Bertz CT molecular complexity index is 1760. The van der Waals surface area contributed by atoms with Crippen molar-refractivity contribution in [2.45, 2.75) is 186 Å². The summed E-state index contributed by atoms with van der Waals surface area (Å²) in [5, 5.41) is 14.0. The third-order valence-corrected chi connectivity index (χ3v) is 12.6. The molecule has 5 atom stereocenters. The first-order valence-electron chi connectivity index (χ1n) is 22.0. The highest BCUT2D eigenvalue weighted by Crippen LogP contribution is 2.48. The molecule has 3 aromatic rings. The summed E-state index contributed by atoms with van der Waals surface area (Å²) in [6.45, 7) is 5.41. The molecule has 15 heteroatoms. The minimum Gasteiger partial charge on any atom is -0.461 e. The van der Waals surface area contributed by atoms with Gasteiger partial charge in [0.2, 0.25) is 0 Å². The van der Waals surface area contributed by atoms with E-state index in [0.29, 0.717) is 0 Å². The lowest BCUT2D eigenvalue weighted by Gasteiger charge is -2.30. The number of nitrogens with two attached hydrogens (primary N) is 1.